The molecule has 0 aliphatic rings. The molecule has 0 unspecified atom stereocenters. The molecule has 4 rings (SSSR count). The molecule has 0 bridgehead atoms. The van der Waals surface area contributed by atoms with E-state index in [2.05, 4.69) is 30.4 Å². The van der Waals surface area contributed by atoms with Crippen LogP contribution in [-0.4, -0.2) is 37.0 Å². The summed E-state index contributed by atoms with van der Waals surface area (Å²) in [7, 11) is 0. The molecule has 9 nitrogen and oxygen atoms in total. The Bertz CT molecular complexity index is 1220. The van der Waals surface area contributed by atoms with Crippen molar-refractivity contribution in [2.75, 3.05) is 0 Å². The zero-order valence-corrected chi connectivity index (χ0v) is 15.3. The van der Waals surface area contributed by atoms with Crippen LogP contribution in [0.1, 0.15) is 22.0 Å². The molecular weight excluding hydrogens is 405 g/mol. The number of alkyl halides is 3. The predicted molar refractivity (Wildman–Crippen MR) is 95.3 cm³/mol. The van der Waals surface area contributed by atoms with Crippen LogP contribution in [0.25, 0.3) is 17.1 Å². The lowest BCUT2D eigenvalue weighted by Crippen LogP contribution is -2.24. The molecule has 0 aliphatic heterocycles. The Morgan fingerprint density at radius 1 is 1.23 bits per heavy atom. The molecule has 12 heteroatoms. The number of aromatic nitrogens is 5. The minimum absolute atomic E-state index is 0.00334. The zero-order valence-electron chi connectivity index (χ0n) is 15.3. The van der Waals surface area contributed by atoms with Crippen molar-refractivity contribution in [1.82, 2.24) is 30.1 Å². The molecule has 154 valence electrons. The van der Waals surface area contributed by atoms with Gasteiger partial charge in [-0.15, -0.1) is 23.4 Å². The second-order valence-electron chi connectivity index (χ2n) is 6.16. The van der Waals surface area contributed by atoms with Crippen LogP contribution in [0.5, 0.6) is 5.75 Å². The van der Waals surface area contributed by atoms with Gasteiger partial charge in [0.1, 0.15) is 5.75 Å². The van der Waals surface area contributed by atoms with Crippen LogP contribution < -0.4 is 10.1 Å². The molecule has 1 N–H and O–H groups in total. The van der Waals surface area contributed by atoms with Gasteiger partial charge in [0, 0.05) is 17.3 Å². The molecule has 0 fully saturated rings. The molecule has 4 aromatic rings. The summed E-state index contributed by atoms with van der Waals surface area (Å²) in [5, 5.41) is 14.4. The number of amides is 1. The molecule has 0 saturated heterocycles. The van der Waals surface area contributed by atoms with E-state index in [9.17, 15) is 18.0 Å². The highest BCUT2D eigenvalue weighted by Gasteiger charge is 2.31. The summed E-state index contributed by atoms with van der Waals surface area (Å²) in [4.78, 5) is 16.4. The maximum absolute atomic E-state index is 12.3. The summed E-state index contributed by atoms with van der Waals surface area (Å²) >= 11 is 0. The summed E-state index contributed by atoms with van der Waals surface area (Å²) in [5.74, 6) is 0.201. The normalized spacial score (nSPS) is 11.6. The monoisotopic (exact) mass is 418 g/mol. The van der Waals surface area contributed by atoms with Crippen LogP contribution in [0.3, 0.4) is 0 Å². The topological polar surface area (TPSA) is 107 Å². The largest absolute Gasteiger partial charge is 0.573 e. The van der Waals surface area contributed by atoms with Crippen molar-refractivity contribution in [2.45, 2.75) is 19.8 Å². The molecule has 1 amide bonds. The fourth-order valence-electron chi connectivity index (χ4n) is 2.70. The quantitative estimate of drug-likeness (QED) is 0.531. The maximum Gasteiger partial charge on any atom is 0.573 e. The van der Waals surface area contributed by atoms with E-state index >= 15 is 0 Å². The van der Waals surface area contributed by atoms with Gasteiger partial charge >= 0.3 is 6.36 Å². The number of hydrogen-bond donors (Lipinski definition) is 1. The third-order valence-corrected chi connectivity index (χ3v) is 3.99. The van der Waals surface area contributed by atoms with Gasteiger partial charge in [0.25, 0.3) is 11.8 Å². The van der Waals surface area contributed by atoms with Crippen LogP contribution in [0.4, 0.5) is 13.2 Å². The van der Waals surface area contributed by atoms with Gasteiger partial charge in [-0.25, -0.2) is 0 Å². The second-order valence-corrected chi connectivity index (χ2v) is 6.16. The first-order valence-corrected chi connectivity index (χ1v) is 8.57. The molecule has 0 saturated carbocycles. The van der Waals surface area contributed by atoms with Gasteiger partial charge in [0.2, 0.25) is 0 Å². The number of pyridine rings is 1. The Hall–Kier alpha value is -3.96. The first-order chi connectivity index (χ1) is 14.3. The van der Waals surface area contributed by atoms with Crippen molar-refractivity contribution in [3.63, 3.8) is 0 Å². The molecule has 0 aliphatic carbocycles. The lowest BCUT2D eigenvalue weighted by atomic mass is 10.2. The smallest absolute Gasteiger partial charge is 0.406 e. The van der Waals surface area contributed by atoms with Gasteiger partial charge in [-0.1, -0.05) is 11.2 Å². The molecule has 30 heavy (non-hydrogen) atoms. The van der Waals surface area contributed by atoms with Crippen molar-refractivity contribution < 1.29 is 27.2 Å². The van der Waals surface area contributed by atoms with Crippen LogP contribution >= 0.6 is 0 Å². The van der Waals surface area contributed by atoms with E-state index in [1.54, 1.807) is 29.7 Å². The van der Waals surface area contributed by atoms with Crippen LogP contribution in [-0.2, 0) is 6.54 Å². The van der Waals surface area contributed by atoms with Crippen molar-refractivity contribution in [3.8, 4) is 17.2 Å². The van der Waals surface area contributed by atoms with Crippen LogP contribution in [0.15, 0.2) is 47.1 Å². The lowest BCUT2D eigenvalue weighted by molar-refractivity contribution is -0.274. The van der Waals surface area contributed by atoms with Crippen molar-refractivity contribution >= 4 is 11.6 Å². The fraction of sp³-hybridized carbons (Fsp3) is 0.167. The Balaban J connectivity index is 1.47. The fourth-order valence-corrected chi connectivity index (χ4v) is 2.70. The van der Waals surface area contributed by atoms with E-state index in [-0.39, 0.29) is 12.1 Å². The van der Waals surface area contributed by atoms with Crippen molar-refractivity contribution in [1.29, 1.82) is 0 Å². The second kappa shape index (κ2) is 7.46. The van der Waals surface area contributed by atoms with Crippen molar-refractivity contribution in [3.05, 3.63) is 59.8 Å². The average molecular weight is 418 g/mol. The summed E-state index contributed by atoms with van der Waals surface area (Å²) in [5.41, 5.74) is 1.17. The molecule has 0 atom stereocenters. The third kappa shape index (κ3) is 4.21. The Labute approximate surface area is 166 Å². The zero-order chi connectivity index (χ0) is 21.3. The first-order valence-electron chi connectivity index (χ1n) is 8.57. The minimum Gasteiger partial charge on any atom is -0.406 e. The number of nitrogens with one attached hydrogen (secondary N) is 1. The lowest BCUT2D eigenvalue weighted by Gasteiger charge is -2.10. The first kappa shape index (κ1) is 19.4. The Morgan fingerprint density at radius 3 is 2.80 bits per heavy atom. The van der Waals surface area contributed by atoms with E-state index in [1.165, 1.54) is 12.1 Å². The summed E-state index contributed by atoms with van der Waals surface area (Å²) in [6, 6.07) is 8.21. The number of aryl methyl sites for hydroxylation is 1. The van der Waals surface area contributed by atoms with Gasteiger partial charge in [0.15, 0.2) is 17.3 Å². The van der Waals surface area contributed by atoms with Gasteiger partial charge in [0.05, 0.1) is 6.54 Å². The van der Waals surface area contributed by atoms with Gasteiger partial charge < -0.3 is 14.6 Å². The molecule has 0 spiro atoms. The summed E-state index contributed by atoms with van der Waals surface area (Å²) in [6.07, 6.45) is -3.15. The van der Waals surface area contributed by atoms with Gasteiger partial charge in [-0.2, -0.15) is 4.98 Å². The molecule has 3 heterocycles. The van der Waals surface area contributed by atoms with Crippen LogP contribution in [0, 0.1) is 6.92 Å². The maximum atomic E-state index is 12.3. The highest BCUT2D eigenvalue weighted by atomic mass is 19.4. The van der Waals surface area contributed by atoms with E-state index in [4.69, 9.17) is 4.52 Å². The predicted octanol–water partition coefficient (Wildman–Crippen LogP) is 2.92. The Kier molecular flexibility index (Phi) is 4.82. The number of fused-ring (bicyclic) bond motifs is 1. The van der Waals surface area contributed by atoms with Crippen molar-refractivity contribution in [2.24, 2.45) is 0 Å². The number of rotatable bonds is 5. The number of ether oxygens (including phenoxy) is 1. The number of nitrogens with zero attached hydrogens (tertiary/aromatic N) is 5. The van der Waals surface area contributed by atoms with Gasteiger partial charge in [-0.3, -0.25) is 9.20 Å². The van der Waals surface area contributed by atoms with E-state index in [0.717, 1.165) is 12.1 Å². The SMILES string of the molecule is Cc1noc(-c2ccn3c(CNC(=O)c4cccc(OC(F)(F)F)c4)nnc3c2)n1. The minimum atomic E-state index is -4.84. The number of carbonyl (C=O) groups excluding carboxylic acids is 1. The number of hydrogen-bond acceptors (Lipinski definition) is 7. The molecule has 3 aromatic heterocycles. The highest BCUT2D eigenvalue weighted by Crippen LogP contribution is 2.23. The average Bonchev–Trinajstić information content (AvgIpc) is 3.30. The van der Waals surface area contributed by atoms with Crippen LogP contribution in [0.2, 0.25) is 0 Å². The number of benzene rings is 1. The van der Waals surface area contributed by atoms with E-state index in [1.807, 2.05) is 0 Å². The van der Waals surface area contributed by atoms with E-state index in [0.29, 0.717) is 28.8 Å². The number of halogens is 3. The standard InChI is InChI=1S/C18H13F3N6O3/c1-10-23-17(30-26-10)12-5-6-27-14(8-12)24-25-15(27)9-22-16(28)11-3-2-4-13(7-11)29-18(19,20)21/h2-8H,9H2,1H3,(H,22,28). The Morgan fingerprint density at radius 2 is 2.07 bits per heavy atom. The highest BCUT2D eigenvalue weighted by molar-refractivity contribution is 5.94. The molecule has 0 radical (unpaired) electrons. The van der Waals surface area contributed by atoms with Gasteiger partial charge in [-0.05, 0) is 37.3 Å². The summed E-state index contributed by atoms with van der Waals surface area (Å²) < 4.78 is 47.6. The molecular formula is C18H13F3N6O3. The summed E-state index contributed by atoms with van der Waals surface area (Å²) in [6.45, 7) is 1.71. The number of carbonyl (C=O) groups is 1. The third-order valence-electron chi connectivity index (χ3n) is 3.99. The van der Waals surface area contributed by atoms with E-state index < -0.39 is 18.0 Å². The molecule has 1 aromatic carbocycles.